The first-order chi connectivity index (χ1) is 3.91. The second kappa shape index (κ2) is 64.7. The summed E-state index contributed by atoms with van der Waals surface area (Å²) in [5.41, 5.74) is 0. The molecule has 0 bridgehead atoms. The molecule has 1 aliphatic rings. The van der Waals surface area contributed by atoms with Crippen molar-refractivity contribution in [3.63, 3.8) is 0 Å². The Balaban J connectivity index is -0.00000000778. The standard InChI is InChI=1S/C5H5.C3H5.5CH3.2Cr/c1-2-4-5-3-1;1-3-2;;;;;;;/h1-3H,4H2;3H,1-2H2;5*1H3;;/q7*-1;;. The summed E-state index contributed by atoms with van der Waals surface area (Å²) >= 11 is 0. The van der Waals surface area contributed by atoms with Crippen LogP contribution in [0.2, 0.25) is 0 Å². The minimum Gasteiger partial charge on any atom is -0.358 e. The number of hydrogen-bond acceptors (Lipinski definition) is 0. The molecule has 1 rings (SSSR count). The molecule has 0 aromatic carbocycles. The van der Waals surface area contributed by atoms with Crippen LogP contribution in [0.5, 0.6) is 0 Å². The zero-order valence-electron chi connectivity index (χ0n) is 10.7. The number of rotatable bonds is 0. The Morgan fingerprint density at radius 2 is 1.40 bits per heavy atom. The Bertz CT molecular complexity index is 95.1. The van der Waals surface area contributed by atoms with Gasteiger partial charge >= 0.3 is 0 Å². The molecule has 0 fully saturated rings. The SMILES string of the molecule is C=C[CH2-].[C-]1=CC=CC1.[CH3-].[CH3-].[CH3-].[CH3-].[CH3-].[Cr].[Cr]. The predicted octanol–water partition coefficient (Wildman–Crippen LogP) is 4.56. The fraction of sp³-hybridized carbons (Fsp3) is 0.0769. The van der Waals surface area contributed by atoms with Gasteiger partial charge < -0.3 is 37.1 Å². The minimum absolute atomic E-state index is 0. The topological polar surface area (TPSA) is 0 Å². The molecule has 15 heavy (non-hydrogen) atoms. The minimum atomic E-state index is 0. The summed E-state index contributed by atoms with van der Waals surface area (Å²) in [5.74, 6) is 0. The number of hydrogen-bond donors (Lipinski definition) is 0. The molecule has 0 unspecified atom stereocenters. The summed E-state index contributed by atoms with van der Waals surface area (Å²) in [6.07, 6.45) is 11.5. The molecule has 0 nitrogen and oxygen atoms in total. The fourth-order valence-corrected chi connectivity index (χ4v) is 0.340. The maximum Gasteiger partial charge on any atom is 0 e. The van der Waals surface area contributed by atoms with Gasteiger partial charge in [0.05, 0.1) is 0 Å². The van der Waals surface area contributed by atoms with Crippen molar-refractivity contribution in [1.29, 1.82) is 0 Å². The van der Waals surface area contributed by atoms with E-state index >= 15 is 0 Å². The van der Waals surface area contributed by atoms with E-state index < -0.39 is 0 Å². The van der Waals surface area contributed by atoms with Crippen LogP contribution < -0.4 is 0 Å². The molecule has 0 heterocycles. The summed E-state index contributed by atoms with van der Waals surface area (Å²) in [5, 5.41) is 0. The first-order valence-electron chi connectivity index (χ1n) is 2.53. The van der Waals surface area contributed by atoms with Crippen molar-refractivity contribution in [1.82, 2.24) is 0 Å². The Kier molecular flexibility index (Phi) is 256. The van der Waals surface area contributed by atoms with E-state index in [4.69, 9.17) is 0 Å². The first kappa shape index (κ1) is 59.3. The molecule has 1 aliphatic carbocycles. The van der Waals surface area contributed by atoms with Crippen LogP contribution in [0.15, 0.2) is 30.9 Å². The third kappa shape index (κ3) is 78.7. The molecule has 0 aromatic heterocycles. The fourth-order valence-electron chi connectivity index (χ4n) is 0.340. The smallest absolute Gasteiger partial charge is 0 e. The maximum absolute atomic E-state index is 3.25. The van der Waals surface area contributed by atoms with Crippen LogP contribution in [0.3, 0.4) is 0 Å². The van der Waals surface area contributed by atoms with Crippen LogP contribution in [0, 0.1) is 50.1 Å². The van der Waals surface area contributed by atoms with Gasteiger partial charge in [0.25, 0.3) is 0 Å². The van der Waals surface area contributed by atoms with Crippen molar-refractivity contribution in [2.45, 2.75) is 6.42 Å². The number of allylic oxidation sites excluding steroid dienone is 5. The van der Waals surface area contributed by atoms with Gasteiger partial charge in [-0.1, -0.05) is 0 Å². The van der Waals surface area contributed by atoms with Crippen molar-refractivity contribution in [3.05, 3.63) is 81.0 Å². The quantitative estimate of drug-likeness (QED) is 0.572. The van der Waals surface area contributed by atoms with E-state index in [-0.39, 0.29) is 71.9 Å². The molecule has 2 heteroatoms. The second-order valence-corrected chi connectivity index (χ2v) is 1.29. The molecule has 96 valence electrons. The van der Waals surface area contributed by atoms with E-state index in [2.05, 4.69) is 25.7 Å². The molecule has 0 saturated carbocycles. The van der Waals surface area contributed by atoms with Gasteiger partial charge in [-0.2, -0.15) is 6.08 Å². The van der Waals surface area contributed by atoms with Crippen LogP contribution in [0.4, 0.5) is 0 Å². The summed E-state index contributed by atoms with van der Waals surface area (Å²) in [6, 6.07) is 0. The zero-order chi connectivity index (χ0) is 6.24. The van der Waals surface area contributed by atoms with Gasteiger partial charge in [0.1, 0.15) is 0 Å². The molecule has 0 aliphatic heterocycles. The van der Waals surface area contributed by atoms with Crippen LogP contribution >= 0.6 is 0 Å². The summed E-state index contributed by atoms with van der Waals surface area (Å²) in [4.78, 5) is 0. The molecule has 0 amide bonds. The third-order valence-corrected chi connectivity index (χ3v) is 0.586. The molecule has 0 aromatic rings. The molecular formula is C13H25Cr2-7. The second-order valence-electron chi connectivity index (χ2n) is 1.29. The van der Waals surface area contributed by atoms with Crippen LogP contribution in [-0.2, 0) is 34.7 Å². The monoisotopic (exact) mass is 285 g/mol. The molecule has 0 spiro atoms. The summed E-state index contributed by atoms with van der Waals surface area (Å²) < 4.78 is 0. The van der Waals surface area contributed by atoms with Gasteiger partial charge in [-0.3, -0.25) is 6.08 Å². The van der Waals surface area contributed by atoms with Crippen molar-refractivity contribution in [2.75, 3.05) is 0 Å². The van der Waals surface area contributed by atoms with Gasteiger partial charge in [-0.05, 0) is 0 Å². The molecule has 0 atom stereocenters. The van der Waals surface area contributed by atoms with Crippen LogP contribution in [-0.4, -0.2) is 0 Å². The van der Waals surface area contributed by atoms with E-state index in [9.17, 15) is 0 Å². The van der Waals surface area contributed by atoms with Gasteiger partial charge in [0.15, 0.2) is 0 Å². The van der Waals surface area contributed by atoms with Gasteiger partial charge in [0, 0.05) is 34.7 Å². The predicted molar refractivity (Wildman–Crippen MR) is 69.2 cm³/mol. The van der Waals surface area contributed by atoms with E-state index in [1.807, 2.05) is 12.2 Å². The maximum atomic E-state index is 3.25. The van der Waals surface area contributed by atoms with E-state index in [0.29, 0.717) is 0 Å². The first-order valence-corrected chi connectivity index (χ1v) is 2.53. The normalized spacial score (nSPS) is 6.67. The van der Waals surface area contributed by atoms with Crippen molar-refractivity contribution in [3.8, 4) is 0 Å². The largest absolute Gasteiger partial charge is 0.358 e. The van der Waals surface area contributed by atoms with Gasteiger partial charge in [-0.15, -0.1) is 6.42 Å². The average Bonchev–Trinajstić information content (AvgIpc) is 2.17. The van der Waals surface area contributed by atoms with Gasteiger partial charge in [0.2, 0.25) is 0 Å². The average molecular weight is 285 g/mol. The molecular weight excluding hydrogens is 260 g/mol. The Labute approximate surface area is 122 Å². The van der Waals surface area contributed by atoms with E-state index in [1.54, 1.807) is 0 Å². The Hall–Kier alpha value is 0.155. The van der Waals surface area contributed by atoms with Crippen molar-refractivity contribution in [2.24, 2.45) is 0 Å². The van der Waals surface area contributed by atoms with Crippen molar-refractivity contribution < 1.29 is 34.7 Å². The zero-order valence-corrected chi connectivity index (χ0v) is 13.3. The molecule has 0 radical (unpaired) electrons. The summed E-state index contributed by atoms with van der Waals surface area (Å²) in [6.45, 7) is 6.50. The van der Waals surface area contributed by atoms with Crippen LogP contribution in [0.25, 0.3) is 0 Å². The summed E-state index contributed by atoms with van der Waals surface area (Å²) in [7, 11) is 0. The molecule has 0 N–H and O–H groups in total. The Morgan fingerprint density at radius 1 is 1.07 bits per heavy atom. The van der Waals surface area contributed by atoms with E-state index in [0.717, 1.165) is 6.42 Å². The van der Waals surface area contributed by atoms with E-state index in [1.165, 1.54) is 6.08 Å². The third-order valence-electron chi connectivity index (χ3n) is 0.586. The van der Waals surface area contributed by atoms with Crippen molar-refractivity contribution >= 4 is 0 Å². The molecule has 0 saturated heterocycles. The Morgan fingerprint density at radius 3 is 1.47 bits per heavy atom. The van der Waals surface area contributed by atoms with Crippen LogP contribution in [0.1, 0.15) is 6.42 Å². The van der Waals surface area contributed by atoms with Gasteiger partial charge in [-0.25, -0.2) is 31.7 Å².